The first-order valence-electron chi connectivity index (χ1n) is 9.67. The van der Waals surface area contributed by atoms with Gasteiger partial charge in [-0.05, 0) is 26.3 Å². The Morgan fingerprint density at radius 1 is 1.31 bits per heavy atom. The van der Waals surface area contributed by atoms with Crippen LogP contribution in [0.25, 0.3) is 0 Å². The predicted molar refractivity (Wildman–Crippen MR) is 116 cm³/mol. The number of benzene rings is 1. The Morgan fingerprint density at radius 2 is 1.94 bits per heavy atom. The van der Waals surface area contributed by atoms with Crippen LogP contribution in [0, 0.1) is 0 Å². The summed E-state index contributed by atoms with van der Waals surface area (Å²) >= 11 is 1.33. The molecule has 32 heavy (non-hydrogen) atoms. The fourth-order valence-electron chi connectivity index (χ4n) is 3.73. The maximum atomic E-state index is 13.0. The number of carboxylic acid groups (broad SMARTS) is 1. The van der Waals surface area contributed by atoms with E-state index in [2.05, 4.69) is 15.6 Å². The molecule has 0 saturated carbocycles. The van der Waals surface area contributed by atoms with Gasteiger partial charge < -0.3 is 27.8 Å². The average molecular weight is 472 g/mol. The molecule has 1 aromatic rings. The fraction of sp³-hybridized carbons (Fsp3) is 0.450. The quantitative estimate of drug-likeness (QED) is 0.143. The maximum absolute atomic E-state index is 13.0. The van der Waals surface area contributed by atoms with Crippen LogP contribution >= 0.6 is 11.8 Å². The second-order valence-corrected chi connectivity index (χ2v) is 9.72. The van der Waals surface area contributed by atoms with Crippen molar-refractivity contribution in [1.82, 2.24) is 15.5 Å². The SMILES string of the molecule is CC(N)=NCC(=O)NC(C(=O)NC1C(=O)N2[C@@H]1SC(C)(C)[C@@H]2C(=O)O)c1ccccc1.[H-].[Na+]. The Balaban J connectivity index is 0.00000272. The zero-order valence-electron chi connectivity index (χ0n) is 19.4. The normalized spacial score (nSPS) is 24.5. The number of hydrogen-bond donors (Lipinski definition) is 4. The van der Waals surface area contributed by atoms with Crippen LogP contribution in [0.15, 0.2) is 35.3 Å². The molecule has 0 aliphatic carbocycles. The van der Waals surface area contributed by atoms with E-state index < -0.39 is 51.9 Å². The molecule has 2 unspecified atom stereocenters. The fourth-order valence-corrected chi connectivity index (χ4v) is 5.36. The molecule has 0 spiro atoms. The molecule has 4 atom stereocenters. The van der Waals surface area contributed by atoms with Gasteiger partial charge in [-0.25, -0.2) is 4.79 Å². The number of nitrogens with two attached hydrogens (primary N) is 1. The first-order chi connectivity index (χ1) is 14.5. The molecule has 2 aliphatic heterocycles. The van der Waals surface area contributed by atoms with E-state index in [-0.39, 0.29) is 43.4 Å². The van der Waals surface area contributed by atoms with Crippen LogP contribution < -0.4 is 45.9 Å². The first kappa shape index (κ1) is 26.2. The van der Waals surface area contributed by atoms with Gasteiger partial charge in [0, 0.05) is 4.75 Å². The number of nitrogens with zero attached hydrogens (tertiary/aromatic N) is 2. The summed E-state index contributed by atoms with van der Waals surface area (Å²) in [5.41, 5.74) is 5.99. The van der Waals surface area contributed by atoms with Gasteiger partial charge in [-0.2, -0.15) is 0 Å². The summed E-state index contributed by atoms with van der Waals surface area (Å²) in [5, 5.41) is 14.3. The molecule has 3 amide bonds. The molecule has 10 nitrogen and oxygen atoms in total. The third kappa shape index (κ3) is 5.28. The van der Waals surface area contributed by atoms with Crippen molar-refractivity contribution in [2.24, 2.45) is 10.7 Å². The molecule has 2 aliphatic rings. The molecule has 5 N–H and O–H groups in total. The number of carbonyl (C=O) groups is 4. The van der Waals surface area contributed by atoms with E-state index in [1.807, 2.05) is 0 Å². The van der Waals surface area contributed by atoms with E-state index in [4.69, 9.17) is 5.73 Å². The molecule has 1 aromatic carbocycles. The van der Waals surface area contributed by atoms with Crippen molar-refractivity contribution in [3.8, 4) is 0 Å². The number of fused-ring (bicyclic) bond motifs is 1. The summed E-state index contributed by atoms with van der Waals surface area (Å²) in [6, 6.07) is 5.73. The number of amides is 3. The third-order valence-corrected chi connectivity index (χ3v) is 6.72. The van der Waals surface area contributed by atoms with Crippen molar-refractivity contribution in [1.29, 1.82) is 0 Å². The molecule has 0 aromatic heterocycles. The van der Waals surface area contributed by atoms with Crippen LogP contribution in [0.2, 0.25) is 0 Å². The van der Waals surface area contributed by atoms with Crippen molar-refractivity contribution >= 4 is 41.3 Å². The van der Waals surface area contributed by atoms with Gasteiger partial charge in [0.2, 0.25) is 17.7 Å². The smallest absolute Gasteiger partial charge is 1.00 e. The zero-order chi connectivity index (χ0) is 22.9. The standard InChI is InChI=1S/C20H25N5O5S.Na.H/c1-10(21)22-9-12(26)23-13(11-7-5-4-6-8-11)16(27)24-14-17(28)25-15(19(29)30)20(2,3)31-18(14)25;;/h4-8,13-15,18H,9H2,1-3H3,(H2,21,22)(H,23,26)(H,24,27)(H,29,30);;/q;+1;-1/t13?,14?,15-,18+;;/m0../s1. The molecule has 12 heteroatoms. The number of thioether (sulfide) groups is 1. The minimum absolute atomic E-state index is 0. The van der Waals surface area contributed by atoms with Gasteiger partial charge in [-0.1, -0.05) is 30.3 Å². The van der Waals surface area contributed by atoms with Gasteiger partial charge in [-0.15, -0.1) is 11.8 Å². The number of amidine groups is 1. The number of rotatable bonds is 7. The van der Waals surface area contributed by atoms with Crippen molar-refractivity contribution in [3.63, 3.8) is 0 Å². The minimum atomic E-state index is -1.08. The summed E-state index contributed by atoms with van der Waals surface area (Å²) < 4.78 is -0.698. The second kappa shape index (κ2) is 10.2. The van der Waals surface area contributed by atoms with E-state index in [0.717, 1.165) is 0 Å². The number of nitrogens with one attached hydrogen (secondary N) is 2. The second-order valence-electron chi connectivity index (χ2n) is 7.95. The van der Waals surface area contributed by atoms with Crippen molar-refractivity contribution in [3.05, 3.63) is 35.9 Å². The third-order valence-electron chi connectivity index (χ3n) is 5.15. The number of aliphatic carboxylic acids is 1. The van der Waals surface area contributed by atoms with Gasteiger partial charge in [0.25, 0.3) is 0 Å². The van der Waals surface area contributed by atoms with Crippen LogP contribution in [0.1, 0.15) is 33.8 Å². The van der Waals surface area contributed by atoms with Crippen LogP contribution in [-0.4, -0.2) is 68.3 Å². The molecular formula is C20H26N5NaO5S. The van der Waals surface area contributed by atoms with Gasteiger partial charge in [0.1, 0.15) is 30.0 Å². The summed E-state index contributed by atoms with van der Waals surface area (Å²) in [6.07, 6.45) is 0. The van der Waals surface area contributed by atoms with Gasteiger partial charge in [0.05, 0.1) is 5.84 Å². The minimum Gasteiger partial charge on any atom is -1.00 e. The van der Waals surface area contributed by atoms with Gasteiger partial charge in [0.15, 0.2) is 0 Å². The largest absolute Gasteiger partial charge is 1.00 e. The molecule has 168 valence electrons. The zero-order valence-corrected chi connectivity index (χ0v) is 21.2. The summed E-state index contributed by atoms with van der Waals surface area (Å²) in [7, 11) is 0. The van der Waals surface area contributed by atoms with E-state index in [1.165, 1.54) is 16.7 Å². The molecule has 2 fully saturated rings. The van der Waals surface area contributed by atoms with E-state index in [1.54, 1.807) is 51.1 Å². The number of aliphatic imine (C=N–C) groups is 1. The maximum Gasteiger partial charge on any atom is 1.00 e. The van der Waals surface area contributed by atoms with E-state index in [9.17, 15) is 24.3 Å². The summed E-state index contributed by atoms with van der Waals surface area (Å²) in [6.45, 7) is 4.83. The molecular weight excluding hydrogens is 445 g/mol. The predicted octanol–water partition coefficient (Wildman–Crippen LogP) is -3.03. The molecule has 2 saturated heterocycles. The number of β-lactam (4-membered cyclic amide) rings is 1. The molecule has 2 heterocycles. The Labute approximate surface area is 213 Å². The van der Waals surface area contributed by atoms with Crippen molar-refractivity contribution in [2.75, 3.05) is 6.54 Å². The Kier molecular flexibility index (Phi) is 8.38. The Hall–Kier alpha value is -2.08. The van der Waals surface area contributed by atoms with Crippen LogP contribution in [-0.2, 0) is 19.2 Å². The van der Waals surface area contributed by atoms with Crippen molar-refractivity contribution in [2.45, 2.75) is 49.0 Å². The van der Waals surface area contributed by atoms with Crippen LogP contribution in [0.3, 0.4) is 0 Å². The Bertz CT molecular complexity index is 944. The van der Waals surface area contributed by atoms with Crippen LogP contribution in [0.5, 0.6) is 0 Å². The Morgan fingerprint density at radius 3 is 2.50 bits per heavy atom. The van der Waals surface area contributed by atoms with E-state index in [0.29, 0.717) is 5.56 Å². The summed E-state index contributed by atoms with van der Waals surface area (Å²) in [5.74, 6) is -2.36. The monoisotopic (exact) mass is 471 g/mol. The van der Waals surface area contributed by atoms with Crippen molar-refractivity contribution < 1.29 is 55.3 Å². The van der Waals surface area contributed by atoms with Gasteiger partial charge in [-0.3, -0.25) is 19.4 Å². The number of carbonyl (C=O) groups excluding carboxylic acids is 3. The molecule has 3 rings (SSSR count). The topological polar surface area (TPSA) is 154 Å². The molecule has 0 bridgehead atoms. The van der Waals surface area contributed by atoms with E-state index >= 15 is 0 Å². The van der Waals surface area contributed by atoms with Gasteiger partial charge >= 0.3 is 35.5 Å². The first-order valence-corrected chi connectivity index (χ1v) is 10.5. The average Bonchev–Trinajstić information content (AvgIpc) is 2.97. The number of carboxylic acids is 1. The van der Waals surface area contributed by atoms with Crippen LogP contribution in [0.4, 0.5) is 0 Å². The number of hydrogen-bond acceptors (Lipinski definition) is 6. The molecule has 0 radical (unpaired) electrons. The summed E-state index contributed by atoms with van der Waals surface area (Å²) in [4.78, 5) is 54.7.